The average Bonchev–Trinajstić information content (AvgIpc) is 2.84. The number of fused-ring (bicyclic) bond motifs is 3. The summed E-state index contributed by atoms with van der Waals surface area (Å²) in [5.74, 6) is 0.862. The van der Waals surface area contributed by atoms with Crippen LogP contribution in [0.15, 0.2) is 36.5 Å². The number of nitrogens with zero attached hydrogens (tertiary/aromatic N) is 4. The summed E-state index contributed by atoms with van der Waals surface area (Å²) in [5.41, 5.74) is 6.41. The van der Waals surface area contributed by atoms with Gasteiger partial charge in [0.2, 0.25) is 11.9 Å². The number of rotatable bonds is 5. The predicted molar refractivity (Wildman–Crippen MR) is 132 cm³/mol. The average molecular weight is 448 g/mol. The van der Waals surface area contributed by atoms with E-state index in [2.05, 4.69) is 44.1 Å². The molecule has 3 heterocycles. The van der Waals surface area contributed by atoms with E-state index in [1.165, 1.54) is 0 Å². The molecule has 0 saturated heterocycles. The zero-order valence-electron chi connectivity index (χ0n) is 18.5. The van der Waals surface area contributed by atoms with Gasteiger partial charge in [-0.05, 0) is 51.7 Å². The molecule has 0 aliphatic carbocycles. The summed E-state index contributed by atoms with van der Waals surface area (Å²) in [6.07, 6.45) is 2.40. The van der Waals surface area contributed by atoms with Gasteiger partial charge in [0.05, 0.1) is 28.6 Å². The van der Waals surface area contributed by atoms with Crippen LogP contribution in [0.3, 0.4) is 0 Å². The summed E-state index contributed by atoms with van der Waals surface area (Å²) in [5, 5.41) is 9.37. The molecule has 0 bridgehead atoms. The largest absolute Gasteiger partial charge is 0.349 e. The monoisotopic (exact) mass is 447 g/mol. The summed E-state index contributed by atoms with van der Waals surface area (Å²) in [7, 11) is 3.68. The number of hydrogen-bond donors (Lipinski definition) is 3. The van der Waals surface area contributed by atoms with Crippen LogP contribution >= 0.6 is 12.2 Å². The number of thiocarbonyl (C=S) groups is 1. The van der Waals surface area contributed by atoms with Crippen molar-refractivity contribution in [2.75, 3.05) is 36.6 Å². The van der Waals surface area contributed by atoms with E-state index in [4.69, 9.17) is 17.2 Å². The highest BCUT2D eigenvalue weighted by Gasteiger charge is 2.19. The molecule has 0 atom stereocenters. The van der Waals surface area contributed by atoms with Gasteiger partial charge in [-0.1, -0.05) is 24.4 Å². The lowest BCUT2D eigenvalue weighted by Gasteiger charge is -2.13. The molecule has 9 heteroatoms. The molecular formula is C23H25N7OS. The zero-order chi connectivity index (χ0) is 22.8. The van der Waals surface area contributed by atoms with Crippen molar-refractivity contribution >= 4 is 46.3 Å². The standard InChI is InChI=1S/C23H25N7OS/c1-13-5-6-16-18(9-13)26-21(32)10-15-11-24-23(29-22(15)16)27-17-7-8-19(25-14(17)2)28-20(31)12-30(3)4/h5-9,11H,10,12H2,1-4H3,(H,26,32)(H,24,27,29)(H,25,28,31). The molecule has 1 aliphatic rings. The minimum absolute atomic E-state index is 0.114. The molecule has 0 radical (unpaired) electrons. The molecule has 0 spiro atoms. The van der Waals surface area contributed by atoms with Crippen molar-refractivity contribution in [1.29, 1.82) is 0 Å². The van der Waals surface area contributed by atoms with Gasteiger partial charge in [-0.3, -0.25) is 4.79 Å². The Labute approximate surface area is 192 Å². The Bertz CT molecular complexity index is 1210. The first-order valence-corrected chi connectivity index (χ1v) is 10.7. The lowest BCUT2D eigenvalue weighted by molar-refractivity contribution is -0.116. The van der Waals surface area contributed by atoms with Gasteiger partial charge in [0.25, 0.3) is 0 Å². The van der Waals surface area contributed by atoms with Crippen LogP contribution in [-0.2, 0) is 11.2 Å². The van der Waals surface area contributed by atoms with Crippen molar-refractivity contribution in [2.45, 2.75) is 20.3 Å². The molecule has 4 rings (SSSR count). The van der Waals surface area contributed by atoms with E-state index in [1.807, 2.05) is 40.2 Å². The lowest BCUT2D eigenvalue weighted by atomic mass is 10.0. The van der Waals surface area contributed by atoms with Crippen LogP contribution in [-0.4, -0.2) is 51.4 Å². The molecule has 0 fully saturated rings. The molecule has 164 valence electrons. The molecule has 1 aromatic carbocycles. The summed E-state index contributed by atoms with van der Waals surface area (Å²) < 4.78 is 0. The molecule has 8 nitrogen and oxygen atoms in total. The predicted octanol–water partition coefficient (Wildman–Crippen LogP) is 3.69. The fourth-order valence-corrected chi connectivity index (χ4v) is 3.78. The summed E-state index contributed by atoms with van der Waals surface area (Å²) >= 11 is 5.48. The van der Waals surface area contributed by atoms with E-state index in [0.29, 0.717) is 24.7 Å². The zero-order valence-corrected chi connectivity index (χ0v) is 19.3. The number of nitrogens with one attached hydrogen (secondary N) is 3. The molecule has 0 saturated carbocycles. The number of anilines is 4. The number of aryl methyl sites for hydroxylation is 2. The lowest BCUT2D eigenvalue weighted by Crippen LogP contribution is -2.27. The molecule has 2 aromatic heterocycles. The summed E-state index contributed by atoms with van der Waals surface area (Å²) in [6.45, 7) is 4.21. The van der Waals surface area contributed by atoms with Crippen molar-refractivity contribution in [3.05, 3.63) is 53.3 Å². The number of likely N-dealkylation sites (N-methyl/N-ethyl adjacent to an activating group) is 1. The van der Waals surface area contributed by atoms with Crippen LogP contribution in [0.5, 0.6) is 0 Å². The molecule has 3 N–H and O–H groups in total. The van der Waals surface area contributed by atoms with Crippen molar-refractivity contribution in [3.63, 3.8) is 0 Å². The fourth-order valence-electron chi connectivity index (χ4n) is 3.52. The Kier molecular flexibility index (Phi) is 6.11. The van der Waals surface area contributed by atoms with Crippen LogP contribution in [0.25, 0.3) is 11.3 Å². The van der Waals surface area contributed by atoms with Crippen LogP contribution in [0.4, 0.5) is 23.1 Å². The van der Waals surface area contributed by atoms with Crippen molar-refractivity contribution in [3.8, 4) is 11.3 Å². The van der Waals surface area contributed by atoms with Crippen LogP contribution in [0.1, 0.15) is 16.8 Å². The third kappa shape index (κ3) is 4.90. The van der Waals surface area contributed by atoms with Gasteiger partial charge in [-0.15, -0.1) is 0 Å². The topological polar surface area (TPSA) is 95.1 Å². The number of pyridine rings is 1. The van der Waals surface area contributed by atoms with Gasteiger partial charge < -0.3 is 20.9 Å². The fraction of sp³-hybridized carbons (Fsp3) is 0.261. The molecule has 1 aliphatic heterocycles. The number of benzene rings is 1. The number of amides is 1. The van der Waals surface area contributed by atoms with Crippen LogP contribution in [0, 0.1) is 13.8 Å². The SMILES string of the molecule is Cc1ccc2c(c1)NC(=S)Cc1cnc(Nc3ccc(NC(=O)CN(C)C)nc3C)nc1-2. The Balaban J connectivity index is 1.60. The Morgan fingerprint density at radius 2 is 2.00 bits per heavy atom. The second kappa shape index (κ2) is 8.97. The Morgan fingerprint density at radius 1 is 1.19 bits per heavy atom. The molecular weight excluding hydrogens is 422 g/mol. The molecule has 32 heavy (non-hydrogen) atoms. The maximum Gasteiger partial charge on any atom is 0.239 e. The van der Waals surface area contributed by atoms with Gasteiger partial charge in [0.1, 0.15) is 5.82 Å². The van der Waals surface area contributed by atoms with Crippen LogP contribution in [0.2, 0.25) is 0 Å². The van der Waals surface area contributed by atoms with E-state index in [-0.39, 0.29) is 5.91 Å². The van der Waals surface area contributed by atoms with Crippen molar-refractivity contribution in [1.82, 2.24) is 19.9 Å². The minimum Gasteiger partial charge on any atom is -0.349 e. The molecule has 0 unspecified atom stereocenters. The molecule has 3 aromatic rings. The van der Waals surface area contributed by atoms with E-state index in [9.17, 15) is 4.79 Å². The van der Waals surface area contributed by atoms with Crippen LogP contribution < -0.4 is 16.0 Å². The highest BCUT2D eigenvalue weighted by molar-refractivity contribution is 7.80. The van der Waals surface area contributed by atoms with Gasteiger partial charge in [0.15, 0.2) is 0 Å². The first-order valence-electron chi connectivity index (χ1n) is 10.2. The maximum atomic E-state index is 12.0. The third-order valence-electron chi connectivity index (χ3n) is 4.98. The highest BCUT2D eigenvalue weighted by atomic mass is 32.1. The second-order valence-electron chi connectivity index (χ2n) is 8.08. The van der Waals surface area contributed by atoms with E-state index < -0.39 is 0 Å². The van der Waals surface area contributed by atoms with Gasteiger partial charge in [-0.2, -0.15) is 0 Å². The minimum atomic E-state index is -0.114. The van der Waals surface area contributed by atoms with Gasteiger partial charge in [-0.25, -0.2) is 15.0 Å². The number of carbonyl (C=O) groups is 1. The first-order chi connectivity index (χ1) is 15.3. The summed E-state index contributed by atoms with van der Waals surface area (Å²) in [4.78, 5) is 28.3. The smallest absolute Gasteiger partial charge is 0.239 e. The Morgan fingerprint density at radius 3 is 2.75 bits per heavy atom. The first kappa shape index (κ1) is 21.8. The van der Waals surface area contributed by atoms with Crippen molar-refractivity contribution < 1.29 is 4.79 Å². The number of hydrogen-bond acceptors (Lipinski definition) is 7. The van der Waals surface area contributed by atoms with Crippen molar-refractivity contribution in [2.24, 2.45) is 0 Å². The third-order valence-corrected chi connectivity index (χ3v) is 5.23. The van der Waals surface area contributed by atoms with E-state index in [0.717, 1.165) is 44.4 Å². The van der Waals surface area contributed by atoms with E-state index in [1.54, 1.807) is 11.0 Å². The number of aromatic nitrogens is 3. The quantitative estimate of drug-likeness (QED) is 0.510. The Hall–Kier alpha value is -3.43. The van der Waals surface area contributed by atoms with Gasteiger partial charge in [0, 0.05) is 29.4 Å². The maximum absolute atomic E-state index is 12.0. The van der Waals surface area contributed by atoms with E-state index >= 15 is 0 Å². The number of carbonyl (C=O) groups excluding carboxylic acids is 1. The highest BCUT2D eigenvalue weighted by Crippen LogP contribution is 2.34. The normalized spacial score (nSPS) is 12.5. The second-order valence-corrected chi connectivity index (χ2v) is 8.57. The van der Waals surface area contributed by atoms with Gasteiger partial charge >= 0.3 is 0 Å². The molecule has 1 amide bonds. The summed E-state index contributed by atoms with van der Waals surface area (Å²) in [6, 6.07) is 9.80.